The Kier molecular flexibility index (Phi) is 6.11. The number of carbonyl (C=O) groups excluding carboxylic acids is 1. The number of methoxy groups -OCH3 is 1. The fourth-order valence-corrected chi connectivity index (χ4v) is 3.85. The summed E-state index contributed by atoms with van der Waals surface area (Å²) in [5, 5.41) is 0.128. The number of aromatic amines is 1. The fraction of sp³-hybridized carbons (Fsp3) is 0.348. The van der Waals surface area contributed by atoms with Crippen LogP contribution in [-0.4, -0.2) is 28.2 Å². The van der Waals surface area contributed by atoms with E-state index >= 15 is 0 Å². The normalized spacial score (nSPS) is 12.7. The molecule has 1 aromatic heterocycles. The highest BCUT2D eigenvalue weighted by molar-refractivity contribution is 6.36. The lowest BCUT2D eigenvalue weighted by atomic mass is 9.93. The Morgan fingerprint density at radius 1 is 1.16 bits per heavy atom. The maximum atomic E-state index is 12.8. The topological polar surface area (TPSA) is 90.4 Å². The first-order valence-electron chi connectivity index (χ1n) is 9.72. The van der Waals surface area contributed by atoms with Crippen molar-refractivity contribution in [2.75, 3.05) is 7.11 Å². The van der Waals surface area contributed by atoms with Crippen molar-refractivity contribution in [1.29, 1.82) is 0 Å². The predicted octanol–water partition coefficient (Wildman–Crippen LogP) is 3.88. The lowest BCUT2D eigenvalue weighted by Crippen LogP contribution is -2.35. The maximum Gasteiger partial charge on any atom is 0.339 e. The largest absolute Gasteiger partial charge is 0.467 e. The Morgan fingerprint density at radius 3 is 2.32 bits per heavy atom. The second-order valence-electron chi connectivity index (χ2n) is 8.37. The molecule has 1 atom stereocenters. The van der Waals surface area contributed by atoms with Crippen molar-refractivity contribution < 1.29 is 14.3 Å². The van der Waals surface area contributed by atoms with Crippen molar-refractivity contribution >= 4 is 28.6 Å². The van der Waals surface area contributed by atoms with Gasteiger partial charge in [-0.1, -0.05) is 41.4 Å². The van der Waals surface area contributed by atoms with Crippen LogP contribution in [0.25, 0.3) is 22.2 Å². The number of nitrogens with one attached hydrogen (secondary N) is 1. The van der Waals surface area contributed by atoms with Gasteiger partial charge in [-0.3, -0.25) is 9.59 Å². The second-order valence-corrected chi connectivity index (χ2v) is 8.74. The minimum Gasteiger partial charge on any atom is -0.467 e. The molecule has 3 aromatic rings. The highest BCUT2D eigenvalue weighted by atomic mass is 35.5. The van der Waals surface area contributed by atoms with Crippen LogP contribution in [0.4, 0.5) is 0 Å². The van der Waals surface area contributed by atoms with Crippen LogP contribution >= 0.6 is 11.6 Å². The zero-order valence-electron chi connectivity index (χ0n) is 18.3. The number of halogens is 1. The van der Waals surface area contributed by atoms with E-state index in [1.54, 1.807) is 6.07 Å². The average Bonchev–Trinajstić information content (AvgIpc) is 2.69. The van der Waals surface area contributed by atoms with Gasteiger partial charge >= 0.3 is 17.1 Å². The summed E-state index contributed by atoms with van der Waals surface area (Å²) >= 11 is 6.81. The smallest absolute Gasteiger partial charge is 0.339 e. The van der Waals surface area contributed by atoms with Gasteiger partial charge in [-0.15, -0.1) is 0 Å². The molecule has 0 saturated carbocycles. The number of hydrogen-bond donors (Lipinski definition) is 1. The molecule has 0 aliphatic carbocycles. The number of aromatic nitrogens is 2. The van der Waals surface area contributed by atoms with E-state index in [1.807, 2.05) is 52.0 Å². The van der Waals surface area contributed by atoms with Crippen molar-refractivity contribution in [2.24, 2.45) is 7.05 Å². The van der Waals surface area contributed by atoms with Crippen LogP contribution in [0.2, 0.25) is 5.02 Å². The van der Waals surface area contributed by atoms with Gasteiger partial charge in [0.15, 0.2) is 6.10 Å². The van der Waals surface area contributed by atoms with Crippen molar-refractivity contribution in [2.45, 2.75) is 39.4 Å². The van der Waals surface area contributed by atoms with E-state index in [-0.39, 0.29) is 5.02 Å². The number of benzene rings is 2. The molecular formula is C23H25ClN2O5. The van der Waals surface area contributed by atoms with Gasteiger partial charge in [-0.25, -0.2) is 4.79 Å². The Balaban J connectivity index is 2.48. The van der Waals surface area contributed by atoms with Crippen molar-refractivity contribution in [3.05, 3.63) is 67.2 Å². The molecule has 0 radical (unpaired) electrons. The average molecular weight is 445 g/mol. The summed E-state index contributed by atoms with van der Waals surface area (Å²) in [7, 11) is 2.73. The summed E-state index contributed by atoms with van der Waals surface area (Å²) < 4.78 is 12.3. The van der Waals surface area contributed by atoms with E-state index < -0.39 is 28.8 Å². The molecule has 0 saturated heterocycles. The third kappa shape index (κ3) is 4.43. The number of aryl methyl sites for hydroxylation is 2. The number of ether oxygens (including phenoxy) is 2. The number of nitrogens with zero attached hydrogens (tertiary/aromatic N) is 1. The Bertz CT molecular complexity index is 1270. The molecule has 1 N–H and O–H groups in total. The highest BCUT2D eigenvalue weighted by Gasteiger charge is 2.33. The van der Waals surface area contributed by atoms with E-state index in [0.29, 0.717) is 22.2 Å². The summed E-state index contributed by atoms with van der Waals surface area (Å²) in [6.07, 6.45) is -1.15. The molecule has 0 fully saturated rings. The lowest BCUT2D eigenvalue weighted by molar-refractivity contribution is -0.164. The summed E-state index contributed by atoms with van der Waals surface area (Å²) in [6, 6.07) is 9.34. The van der Waals surface area contributed by atoms with E-state index in [4.69, 9.17) is 21.1 Å². The van der Waals surface area contributed by atoms with Crippen LogP contribution in [0, 0.1) is 6.92 Å². The molecule has 2 aromatic carbocycles. The summed E-state index contributed by atoms with van der Waals surface area (Å²) in [5.41, 5.74) is 1.24. The molecule has 0 bridgehead atoms. The molecule has 0 aliphatic rings. The number of fused-ring (bicyclic) bond motifs is 1. The summed E-state index contributed by atoms with van der Waals surface area (Å²) in [5.74, 6) is -0.626. The zero-order chi connectivity index (χ0) is 23.1. The third-order valence-electron chi connectivity index (χ3n) is 4.87. The minimum absolute atomic E-state index is 0.128. The first-order valence-corrected chi connectivity index (χ1v) is 10.1. The molecule has 164 valence electrons. The van der Waals surface area contributed by atoms with Crippen molar-refractivity contribution in [1.82, 2.24) is 9.55 Å². The summed E-state index contributed by atoms with van der Waals surface area (Å²) in [6.45, 7) is 7.41. The zero-order valence-corrected chi connectivity index (χ0v) is 19.1. The Hall–Kier alpha value is -2.90. The van der Waals surface area contributed by atoms with Gasteiger partial charge in [0, 0.05) is 12.6 Å². The van der Waals surface area contributed by atoms with Crippen LogP contribution in [-0.2, 0) is 21.3 Å². The number of esters is 1. The number of carbonyl (C=O) groups is 1. The van der Waals surface area contributed by atoms with Gasteiger partial charge in [0.2, 0.25) is 0 Å². The first-order chi connectivity index (χ1) is 14.4. The van der Waals surface area contributed by atoms with E-state index in [9.17, 15) is 14.4 Å². The van der Waals surface area contributed by atoms with Crippen LogP contribution in [0.1, 0.15) is 38.0 Å². The van der Waals surface area contributed by atoms with Crippen LogP contribution in [0.3, 0.4) is 0 Å². The van der Waals surface area contributed by atoms with Gasteiger partial charge < -0.3 is 19.0 Å². The molecule has 1 heterocycles. The molecule has 0 spiro atoms. The summed E-state index contributed by atoms with van der Waals surface area (Å²) in [4.78, 5) is 39.7. The van der Waals surface area contributed by atoms with Crippen molar-refractivity contribution in [3.63, 3.8) is 0 Å². The number of hydrogen-bond acceptors (Lipinski definition) is 5. The first kappa shape index (κ1) is 22.8. The molecule has 8 heteroatoms. The monoisotopic (exact) mass is 444 g/mol. The molecule has 3 rings (SSSR count). The van der Waals surface area contributed by atoms with E-state index in [1.165, 1.54) is 18.7 Å². The quantitative estimate of drug-likeness (QED) is 0.487. The van der Waals surface area contributed by atoms with Gasteiger partial charge in [0.1, 0.15) is 0 Å². The maximum absolute atomic E-state index is 12.8. The van der Waals surface area contributed by atoms with Gasteiger partial charge in [0.05, 0.1) is 28.8 Å². The number of H-pyrrole nitrogens is 1. The minimum atomic E-state index is -1.15. The fourth-order valence-electron chi connectivity index (χ4n) is 3.42. The molecule has 31 heavy (non-hydrogen) atoms. The van der Waals surface area contributed by atoms with E-state index in [2.05, 4.69) is 4.98 Å². The van der Waals surface area contributed by atoms with Crippen molar-refractivity contribution in [3.8, 4) is 11.1 Å². The predicted molar refractivity (Wildman–Crippen MR) is 121 cm³/mol. The Morgan fingerprint density at radius 2 is 1.77 bits per heavy atom. The van der Waals surface area contributed by atoms with Crippen LogP contribution in [0.15, 0.2) is 39.9 Å². The molecule has 0 aliphatic heterocycles. The molecular weight excluding hydrogens is 420 g/mol. The van der Waals surface area contributed by atoms with Crippen LogP contribution < -0.4 is 11.1 Å². The Labute approximate surface area is 184 Å². The second kappa shape index (κ2) is 8.32. The SMILES string of the molecule is COC(=O)C(OC(C)(C)C)c1c(-c2ccc(C)cc2)cc2[nH]c(=O)c(=O)n(C)c2c1Cl. The molecule has 7 nitrogen and oxygen atoms in total. The third-order valence-corrected chi connectivity index (χ3v) is 5.25. The van der Waals surface area contributed by atoms with Gasteiger partial charge in [-0.05, 0) is 44.9 Å². The standard InChI is InChI=1S/C23H25ClN2O5/c1-12-7-9-13(10-8-12)14-11-15-18(26(5)21(28)20(27)25-15)17(24)16(14)19(22(29)30-6)31-23(2,3)4/h7-11,19H,1-6H3,(H,25,27). The van der Waals surface area contributed by atoms with Gasteiger partial charge in [0.25, 0.3) is 0 Å². The number of rotatable bonds is 4. The molecule has 0 amide bonds. The van der Waals surface area contributed by atoms with E-state index in [0.717, 1.165) is 11.1 Å². The lowest BCUT2D eigenvalue weighted by Gasteiger charge is -2.28. The molecule has 1 unspecified atom stereocenters. The van der Waals surface area contributed by atoms with Gasteiger partial charge in [-0.2, -0.15) is 0 Å². The van der Waals surface area contributed by atoms with Crippen LogP contribution in [0.5, 0.6) is 0 Å². The highest BCUT2D eigenvalue weighted by Crippen LogP contribution is 2.41.